The Kier molecular flexibility index (Phi) is 5.78. The molecule has 0 spiro atoms. The topological polar surface area (TPSA) is 26.3 Å². The molecule has 1 rings (SSSR count). The van der Waals surface area contributed by atoms with Crippen molar-refractivity contribution < 1.29 is 13.9 Å². The number of hydrogen-bond acceptors (Lipinski definition) is 2. The van der Waals surface area contributed by atoms with Crippen LogP contribution in [0.2, 0.25) is 0 Å². The number of ether oxygens (including phenoxy) is 1. The number of carbonyl (C=O) groups is 1. The Morgan fingerprint density at radius 2 is 2.18 bits per heavy atom. The molecule has 1 aromatic rings. The van der Waals surface area contributed by atoms with Crippen molar-refractivity contribution in [3.8, 4) is 0 Å². The standard InChI is InChI=1S/C13H16BrFO2/c1-9(17-2)3-4-13(16)7-10-5-11(14)8-12(15)6-10/h5-6,8-9H,3-4,7H2,1-2H3. The van der Waals surface area contributed by atoms with Crippen LogP contribution >= 0.6 is 15.9 Å². The lowest BCUT2D eigenvalue weighted by Crippen LogP contribution is -2.10. The normalized spacial score (nSPS) is 12.5. The van der Waals surface area contributed by atoms with Crippen LogP contribution in [-0.2, 0) is 16.0 Å². The Labute approximate surface area is 109 Å². The largest absolute Gasteiger partial charge is 0.382 e. The van der Waals surface area contributed by atoms with Gasteiger partial charge in [0.1, 0.15) is 11.6 Å². The molecule has 0 radical (unpaired) electrons. The zero-order valence-electron chi connectivity index (χ0n) is 10.0. The molecule has 0 aliphatic carbocycles. The monoisotopic (exact) mass is 302 g/mol. The first-order chi connectivity index (χ1) is 8.01. The van der Waals surface area contributed by atoms with Gasteiger partial charge in [-0.1, -0.05) is 15.9 Å². The van der Waals surface area contributed by atoms with Gasteiger partial charge in [0.05, 0.1) is 6.10 Å². The summed E-state index contributed by atoms with van der Waals surface area (Å²) < 4.78 is 18.8. The highest BCUT2D eigenvalue weighted by atomic mass is 79.9. The maximum atomic E-state index is 13.1. The van der Waals surface area contributed by atoms with Gasteiger partial charge in [0.15, 0.2) is 0 Å². The van der Waals surface area contributed by atoms with Crippen LogP contribution in [-0.4, -0.2) is 19.0 Å². The summed E-state index contributed by atoms with van der Waals surface area (Å²) in [5.41, 5.74) is 0.701. The summed E-state index contributed by atoms with van der Waals surface area (Å²) in [5, 5.41) is 0. The van der Waals surface area contributed by atoms with Gasteiger partial charge in [0, 0.05) is 24.4 Å². The molecule has 0 aliphatic rings. The molecule has 0 heterocycles. The van der Waals surface area contributed by atoms with E-state index < -0.39 is 0 Å². The highest BCUT2D eigenvalue weighted by Crippen LogP contribution is 2.16. The molecule has 0 saturated heterocycles. The lowest BCUT2D eigenvalue weighted by Gasteiger charge is -2.08. The van der Waals surface area contributed by atoms with E-state index in [0.717, 1.165) is 0 Å². The summed E-state index contributed by atoms with van der Waals surface area (Å²) >= 11 is 3.21. The van der Waals surface area contributed by atoms with Crippen LogP contribution < -0.4 is 0 Å². The highest BCUT2D eigenvalue weighted by Gasteiger charge is 2.08. The van der Waals surface area contributed by atoms with Crippen LogP contribution in [0.5, 0.6) is 0 Å². The molecule has 94 valence electrons. The average Bonchev–Trinajstić information content (AvgIpc) is 2.24. The first-order valence-corrected chi connectivity index (χ1v) is 6.30. The minimum absolute atomic E-state index is 0.0817. The van der Waals surface area contributed by atoms with Gasteiger partial charge in [-0.25, -0.2) is 4.39 Å². The summed E-state index contributed by atoms with van der Waals surface area (Å²) in [6.07, 6.45) is 1.51. The van der Waals surface area contributed by atoms with Crippen LogP contribution in [0.3, 0.4) is 0 Å². The number of carbonyl (C=O) groups excluding carboxylic acids is 1. The molecule has 2 nitrogen and oxygen atoms in total. The molecule has 0 fully saturated rings. The first-order valence-electron chi connectivity index (χ1n) is 5.50. The summed E-state index contributed by atoms with van der Waals surface area (Å²) in [6.45, 7) is 1.92. The quantitative estimate of drug-likeness (QED) is 0.804. The minimum atomic E-state index is -0.326. The molecule has 0 aliphatic heterocycles. The van der Waals surface area contributed by atoms with Crippen molar-refractivity contribution >= 4 is 21.7 Å². The zero-order chi connectivity index (χ0) is 12.8. The Bertz CT molecular complexity index is 373. The van der Waals surface area contributed by atoms with E-state index in [2.05, 4.69) is 15.9 Å². The van der Waals surface area contributed by atoms with E-state index in [1.54, 1.807) is 13.2 Å². The highest BCUT2D eigenvalue weighted by molar-refractivity contribution is 9.10. The van der Waals surface area contributed by atoms with Gasteiger partial charge in [-0.05, 0) is 37.1 Å². The number of benzene rings is 1. The maximum Gasteiger partial charge on any atom is 0.137 e. The third-order valence-electron chi connectivity index (χ3n) is 2.56. The molecule has 0 bridgehead atoms. The van der Waals surface area contributed by atoms with Crippen LogP contribution in [0.25, 0.3) is 0 Å². The first kappa shape index (κ1) is 14.3. The molecule has 0 saturated carbocycles. The van der Waals surface area contributed by atoms with Gasteiger partial charge in [0.2, 0.25) is 0 Å². The number of rotatable bonds is 6. The van der Waals surface area contributed by atoms with E-state index >= 15 is 0 Å². The number of Topliss-reactive ketones (excluding diaryl/α,β-unsaturated/α-hetero) is 1. The summed E-state index contributed by atoms with van der Waals surface area (Å²) in [7, 11) is 1.62. The summed E-state index contributed by atoms with van der Waals surface area (Å²) in [4.78, 5) is 11.7. The van der Waals surface area contributed by atoms with Crippen molar-refractivity contribution in [3.05, 3.63) is 34.1 Å². The van der Waals surface area contributed by atoms with Gasteiger partial charge < -0.3 is 4.74 Å². The number of halogens is 2. The Hall–Kier alpha value is -0.740. The average molecular weight is 303 g/mol. The van der Waals surface area contributed by atoms with Crippen molar-refractivity contribution in [2.45, 2.75) is 32.3 Å². The van der Waals surface area contributed by atoms with Gasteiger partial charge in [-0.15, -0.1) is 0 Å². The second kappa shape index (κ2) is 6.87. The lowest BCUT2D eigenvalue weighted by molar-refractivity contribution is -0.119. The third-order valence-corrected chi connectivity index (χ3v) is 3.01. The van der Waals surface area contributed by atoms with Crippen LogP contribution in [0.4, 0.5) is 4.39 Å². The molecule has 1 unspecified atom stereocenters. The van der Waals surface area contributed by atoms with Crippen molar-refractivity contribution in [2.24, 2.45) is 0 Å². The molecule has 1 atom stereocenters. The summed E-state index contributed by atoms with van der Waals surface area (Å²) in [5.74, 6) is -0.223. The predicted molar refractivity (Wildman–Crippen MR) is 68.5 cm³/mol. The smallest absolute Gasteiger partial charge is 0.137 e. The molecule has 0 amide bonds. The zero-order valence-corrected chi connectivity index (χ0v) is 11.6. The molecule has 4 heteroatoms. The number of hydrogen-bond donors (Lipinski definition) is 0. The van der Waals surface area contributed by atoms with Gasteiger partial charge >= 0.3 is 0 Å². The Morgan fingerprint density at radius 1 is 1.47 bits per heavy atom. The minimum Gasteiger partial charge on any atom is -0.382 e. The van der Waals surface area contributed by atoms with Crippen LogP contribution in [0.15, 0.2) is 22.7 Å². The SMILES string of the molecule is COC(C)CCC(=O)Cc1cc(F)cc(Br)c1. The van der Waals surface area contributed by atoms with Crippen molar-refractivity contribution in [2.75, 3.05) is 7.11 Å². The Balaban J connectivity index is 2.50. The number of ketones is 1. The second-order valence-electron chi connectivity index (χ2n) is 4.08. The second-order valence-corrected chi connectivity index (χ2v) is 4.99. The lowest BCUT2D eigenvalue weighted by atomic mass is 10.0. The van der Waals surface area contributed by atoms with E-state index in [4.69, 9.17) is 4.74 Å². The molecular formula is C13H16BrFO2. The third kappa shape index (κ3) is 5.41. The molecule has 0 aromatic heterocycles. The van der Waals surface area contributed by atoms with E-state index in [1.807, 2.05) is 6.92 Å². The molecule has 17 heavy (non-hydrogen) atoms. The molecule has 1 aromatic carbocycles. The Morgan fingerprint density at radius 3 is 2.76 bits per heavy atom. The predicted octanol–water partition coefficient (Wildman–Crippen LogP) is 3.51. The van der Waals surface area contributed by atoms with E-state index in [0.29, 0.717) is 22.9 Å². The summed E-state index contributed by atoms with van der Waals surface area (Å²) in [6, 6.07) is 4.53. The van der Waals surface area contributed by atoms with Crippen LogP contribution in [0.1, 0.15) is 25.3 Å². The van der Waals surface area contributed by atoms with E-state index in [1.165, 1.54) is 12.1 Å². The molecule has 0 N–H and O–H groups in total. The molecular weight excluding hydrogens is 287 g/mol. The van der Waals surface area contributed by atoms with Gasteiger partial charge in [-0.3, -0.25) is 4.79 Å². The van der Waals surface area contributed by atoms with Crippen molar-refractivity contribution in [1.82, 2.24) is 0 Å². The van der Waals surface area contributed by atoms with E-state index in [-0.39, 0.29) is 24.1 Å². The van der Waals surface area contributed by atoms with E-state index in [9.17, 15) is 9.18 Å². The van der Waals surface area contributed by atoms with Crippen LogP contribution in [0, 0.1) is 5.82 Å². The fourth-order valence-corrected chi connectivity index (χ4v) is 2.02. The number of methoxy groups -OCH3 is 1. The van der Waals surface area contributed by atoms with Gasteiger partial charge in [-0.2, -0.15) is 0 Å². The van der Waals surface area contributed by atoms with Gasteiger partial charge in [0.25, 0.3) is 0 Å². The van der Waals surface area contributed by atoms with Crippen molar-refractivity contribution in [1.29, 1.82) is 0 Å². The maximum absolute atomic E-state index is 13.1. The van der Waals surface area contributed by atoms with Crippen molar-refractivity contribution in [3.63, 3.8) is 0 Å². The fraction of sp³-hybridized carbons (Fsp3) is 0.462. The fourth-order valence-electron chi connectivity index (χ4n) is 1.51.